The van der Waals surface area contributed by atoms with Crippen LogP contribution in [0.4, 0.5) is 0 Å². The second-order valence-electron chi connectivity index (χ2n) is 3.49. The summed E-state index contributed by atoms with van der Waals surface area (Å²) in [5, 5.41) is 5.43. The number of sulfonamides is 1. The molecular formula is C9H22ClN3O3S. The Labute approximate surface area is 110 Å². The van der Waals surface area contributed by atoms with Crippen molar-refractivity contribution in [2.45, 2.75) is 13.3 Å². The lowest BCUT2D eigenvalue weighted by Crippen LogP contribution is -2.36. The highest BCUT2D eigenvalue weighted by Crippen LogP contribution is 1.97. The van der Waals surface area contributed by atoms with Crippen LogP contribution < -0.4 is 10.6 Å². The predicted octanol–water partition coefficient (Wildman–Crippen LogP) is -0.585. The topological polar surface area (TPSA) is 78.5 Å². The third kappa shape index (κ3) is 9.34. The first kappa shape index (κ1) is 19.0. The summed E-state index contributed by atoms with van der Waals surface area (Å²) in [6, 6.07) is 0. The number of carbonyl (C=O) groups is 1. The van der Waals surface area contributed by atoms with E-state index in [0.717, 1.165) is 0 Å². The number of hydrogen-bond donors (Lipinski definition) is 2. The van der Waals surface area contributed by atoms with Gasteiger partial charge >= 0.3 is 0 Å². The average Bonchev–Trinajstić information content (AvgIpc) is 2.16. The number of rotatable bonds is 8. The van der Waals surface area contributed by atoms with Gasteiger partial charge in [0.15, 0.2) is 0 Å². The van der Waals surface area contributed by atoms with Gasteiger partial charge in [-0.15, -0.1) is 12.4 Å². The summed E-state index contributed by atoms with van der Waals surface area (Å²) in [4.78, 5) is 11.0. The van der Waals surface area contributed by atoms with Gasteiger partial charge in [-0.25, -0.2) is 12.7 Å². The van der Waals surface area contributed by atoms with Crippen LogP contribution >= 0.6 is 12.4 Å². The molecule has 0 saturated carbocycles. The minimum absolute atomic E-state index is 0. The van der Waals surface area contributed by atoms with Gasteiger partial charge in [0.1, 0.15) is 0 Å². The summed E-state index contributed by atoms with van der Waals surface area (Å²) in [7, 11) is -1.42. The molecule has 104 valence electrons. The second kappa shape index (κ2) is 9.64. The predicted molar refractivity (Wildman–Crippen MR) is 70.9 cm³/mol. The number of amides is 1. The van der Waals surface area contributed by atoms with Crippen molar-refractivity contribution in [2.24, 2.45) is 0 Å². The van der Waals surface area contributed by atoms with Crippen molar-refractivity contribution in [1.29, 1.82) is 0 Å². The normalized spacial score (nSPS) is 11.1. The molecule has 0 aromatic carbocycles. The van der Waals surface area contributed by atoms with Crippen LogP contribution in [0.1, 0.15) is 13.3 Å². The van der Waals surface area contributed by atoms with Crippen molar-refractivity contribution in [3.05, 3.63) is 0 Å². The average molecular weight is 288 g/mol. The van der Waals surface area contributed by atoms with Gasteiger partial charge in [0.05, 0.1) is 12.8 Å². The fourth-order valence-electron chi connectivity index (χ4n) is 1.26. The molecule has 0 rings (SSSR count). The molecule has 0 aliphatic heterocycles. The van der Waals surface area contributed by atoms with Crippen LogP contribution in [0.25, 0.3) is 0 Å². The third-order valence-electron chi connectivity index (χ3n) is 2.07. The molecule has 8 heteroatoms. The molecule has 0 aliphatic carbocycles. The van der Waals surface area contributed by atoms with E-state index in [1.807, 2.05) is 0 Å². The second-order valence-corrected chi connectivity index (χ2v) is 5.47. The fourth-order valence-corrected chi connectivity index (χ4v) is 2.19. The quantitative estimate of drug-likeness (QED) is 0.585. The van der Waals surface area contributed by atoms with Crippen LogP contribution in [0.3, 0.4) is 0 Å². The summed E-state index contributed by atoms with van der Waals surface area (Å²) in [6.45, 7) is 3.47. The van der Waals surface area contributed by atoms with Crippen LogP contribution in [-0.2, 0) is 14.8 Å². The number of halogens is 1. The number of nitrogens with one attached hydrogen (secondary N) is 2. The maximum Gasteiger partial charge on any atom is 0.233 e. The SMILES string of the molecule is CCN(CCCNC(=O)CNC)S(C)(=O)=O.Cl. The van der Waals surface area contributed by atoms with E-state index in [1.165, 1.54) is 10.6 Å². The summed E-state index contributed by atoms with van der Waals surface area (Å²) in [6.07, 6.45) is 1.81. The van der Waals surface area contributed by atoms with E-state index in [-0.39, 0.29) is 24.9 Å². The maximum absolute atomic E-state index is 11.2. The molecule has 1 amide bonds. The molecule has 2 N–H and O–H groups in total. The van der Waals surface area contributed by atoms with E-state index in [2.05, 4.69) is 10.6 Å². The Morgan fingerprint density at radius 1 is 1.35 bits per heavy atom. The van der Waals surface area contributed by atoms with Gasteiger partial charge < -0.3 is 10.6 Å². The molecule has 0 bridgehead atoms. The molecule has 0 fully saturated rings. The molecule has 0 radical (unpaired) electrons. The molecule has 6 nitrogen and oxygen atoms in total. The maximum atomic E-state index is 11.2. The van der Waals surface area contributed by atoms with E-state index < -0.39 is 10.0 Å². The van der Waals surface area contributed by atoms with Crippen molar-refractivity contribution >= 4 is 28.3 Å². The highest BCUT2D eigenvalue weighted by Gasteiger charge is 2.13. The summed E-state index contributed by atoms with van der Waals surface area (Å²) in [5.41, 5.74) is 0. The zero-order valence-corrected chi connectivity index (χ0v) is 12.2. The number of likely N-dealkylation sites (N-methyl/N-ethyl adjacent to an activating group) is 1. The van der Waals surface area contributed by atoms with Gasteiger partial charge in [0.2, 0.25) is 15.9 Å². The van der Waals surface area contributed by atoms with Crippen molar-refractivity contribution in [1.82, 2.24) is 14.9 Å². The molecule has 17 heavy (non-hydrogen) atoms. The molecule has 0 aliphatic rings. The van der Waals surface area contributed by atoms with E-state index in [9.17, 15) is 13.2 Å². The third-order valence-corrected chi connectivity index (χ3v) is 3.44. The lowest BCUT2D eigenvalue weighted by molar-refractivity contribution is -0.120. The summed E-state index contributed by atoms with van der Waals surface area (Å²) < 4.78 is 23.8. The van der Waals surface area contributed by atoms with Gasteiger partial charge in [-0.3, -0.25) is 4.79 Å². The zero-order chi connectivity index (χ0) is 12.6. The van der Waals surface area contributed by atoms with Gasteiger partial charge in [0.25, 0.3) is 0 Å². The van der Waals surface area contributed by atoms with Crippen LogP contribution in [0.5, 0.6) is 0 Å². The minimum atomic E-state index is -3.12. The molecule has 0 heterocycles. The van der Waals surface area contributed by atoms with Crippen molar-refractivity contribution in [2.75, 3.05) is 39.5 Å². The minimum Gasteiger partial charge on any atom is -0.355 e. The van der Waals surface area contributed by atoms with Crippen molar-refractivity contribution in [3.63, 3.8) is 0 Å². The fraction of sp³-hybridized carbons (Fsp3) is 0.889. The van der Waals surface area contributed by atoms with Crippen molar-refractivity contribution < 1.29 is 13.2 Å². The highest BCUT2D eigenvalue weighted by atomic mass is 35.5. The first-order chi connectivity index (χ1) is 7.41. The van der Waals surface area contributed by atoms with Gasteiger partial charge in [-0.05, 0) is 13.5 Å². The van der Waals surface area contributed by atoms with E-state index >= 15 is 0 Å². The molecule has 0 unspecified atom stereocenters. The monoisotopic (exact) mass is 287 g/mol. The Morgan fingerprint density at radius 2 is 1.94 bits per heavy atom. The van der Waals surface area contributed by atoms with Gasteiger partial charge in [-0.2, -0.15) is 0 Å². The van der Waals surface area contributed by atoms with Gasteiger partial charge in [-0.1, -0.05) is 6.92 Å². The highest BCUT2D eigenvalue weighted by molar-refractivity contribution is 7.88. The molecular weight excluding hydrogens is 266 g/mol. The van der Waals surface area contributed by atoms with Crippen LogP contribution in [0.2, 0.25) is 0 Å². The van der Waals surface area contributed by atoms with E-state index in [0.29, 0.717) is 26.1 Å². The molecule has 0 saturated heterocycles. The first-order valence-corrected chi connectivity index (χ1v) is 7.13. The lowest BCUT2D eigenvalue weighted by atomic mass is 10.4. The Bertz CT molecular complexity index is 309. The van der Waals surface area contributed by atoms with Crippen LogP contribution in [0, 0.1) is 0 Å². The van der Waals surface area contributed by atoms with E-state index in [4.69, 9.17) is 0 Å². The smallest absolute Gasteiger partial charge is 0.233 e. The Kier molecular flexibility index (Phi) is 10.8. The summed E-state index contributed by atoms with van der Waals surface area (Å²) >= 11 is 0. The standard InChI is InChI=1S/C9H21N3O3S.ClH/c1-4-12(16(3,14)15)7-5-6-11-9(13)8-10-2;/h10H,4-8H2,1-3H3,(H,11,13);1H. The first-order valence-electron chi connectivity index (χ1n) is 5.28. The molecule has 0 aromatic rings. The number of hydrogen-bond acceptors (Lipinski definition) is 4. The zero-order valence-electron chi connectivity index (χ0n) is 10.5. The Morgan fingerprint density at radius 3 is 2.35 bits per heavy atom. The van der Waals surface area contributed by atoms with Crippen LogP contribution in [-0.4, -0.2) is 58.1 Å². The number of nitrogens with zero attached hydrogens (tertiary/aromatic N) is 1. The van der Waals surface area contributed by atoms with Crippen LogP contribution in [0.15, 0.2) is 0 Å². The Hall–Kier alpha value is -0.370. The Balaban J connectivity index is 0. The van der Waals surface area contributed by atoms with Crippen molar-refractivity contribution in [3.8, 4) is 0 Å². The molecule has 0 aromatic heterocycles. The molecule has 0 atom stereocenters. The summed E-state index contributed by atoms with van der Waals surface area (Å²) in [5.74, 6) is -0.0788. The largest absolute Gasteiger partial charge is 0.355 e. The van der Waals surface area contributed by atoms with E-state index in [1.54, 1.807) is 14.0 Å². The van der Waals surface area contributed by atoms with Gasteiger partial charge in [0, 0.05) is 19.6 Å². The molecule has 0 spiro atoms. The number of carbonyl (C=O) groups excluding carboxylic acids is 1. The lowest BCUT2D eigenvalue weighted by Gasteiger charge is -2.17.